The van der Waals surface area contributed by atoms with Crippen LogP contribution < -0.4 is 10.5 Å². The number of anilines is 1. The van der Waals surface area contributed by atoms with Crippen LogP contribution in [-0.4, -0.2) is 13.1 Å². The summed E-state index contributed by atoms with van der Waals surface area (Å²) in [5.41, 5.74) is 2.18. The second-order valence-electron chi connectivity index (χ2n) is 4.04. The molecule has 3 nitrogen and oxygen atoms in total. The number of hydrogen-bond donors (Lipinski definition) is 0. The van der Waals surface area contributed by atoms with Crippen molar-refractivity contribution in [1.82, 2.24) is 0 Å². The zero-order valence-corrected chi connectivity index (χ0v) is 11.3. The summed E-state index contributed by atoms with van der Waals surface area (Å²) < 4.78 is 5.30. The Morgan fingerprint density at radius 1 is 1.17 bits per heavy atom. The lowest BCUT2D eigenvalue weighted by Crippen LogP contribution is -2.23. The van der Waals surface area contributed by atoms with Crippen molar-refractivity contribution in [2.75, 3.05) is 18.0 Å². The molecule has 0 saturated carbocycles. The van der Waals surface area contributed by atoms with Crippen LogP contribution in [0.3, 0.4) is 0 Å². The van der Waals surface area contributed by atoms with Crippen molar-refractivity contribution < 1.29 is 4.42 Å². The van der Waals surface area contributed by atoms with Gasteiger partial charge in [0.25, 0.3) is 0 Å². The van der Waals surface area contributed by atoms with Crippen LogP contribution in [0, 0.1) is 0 Å². The second kappa shape index (κ2) is 5.44. The van der Waals surface area contributed by atoms with Crippen LogP contribution in [0.4, 0.5) is 5.69 Å². The van der Waals surface area contributed by atoms with Crippen LogP contribution >= 0.6 is 11.6 Å². The van der Waals surface area contributed by atoms with Crippen LogP contribution in [-0.2, 0) is 5.88 Å². The highest BCUT2D eigenvalue weighted by molar-refractivity contribution is 6.18. The van der Waals surface area contributed by atoms with Crippen LogP contribution in [0.2, 0.25) is 0 Å². The van der Waals surface area contributed by atoms with E-state index in [4.69, 9.17) is 16.0 Å². The average molecular weight is 266 g/mol. The van der Waals surface area contributed by atoms with E-state index in [0.29, 0.717) is 11.5 Å². The molecular weight excluding hydrogens is 250 g/mol. The third-order valence-electron chi connectivity index (χ3n) is 3.11. The van der Waals surface area contributed by atoms with Gasteiger partial charge in [-0.05, 0) is 32.0 Å². The summed E-state index contributed by atoms with van der Waals surface area (Å²) >= 11 is 6.03. The minimum Gasteiger partial charge on any atom is -0.422 e. The van der Waals surface area contributed by atoms with Crippen molar-refractivity contribution in [3.05, 3.63) is 40.2 Å². The first-order chi connectivity index (χ1) is 8.71. The fourth-order valence-corrected chi connectivity index (χ4v) is 2.43. The van der Waals surface area contributed by atoms with E-state index in [-0.39, 0.29) is 5.63 Å². The Hall–Kier alpha value is -1.48. The van der Waals surface area contributed by atoms with E-state index in [0.717, 1.165) is 29.7 Å². The summed E-state index contributed by atoms with van der Waals surface area (Å²) in [5.74, 6) is 0.329. The Morgan fingerprint density at radius 2 is 1.83 bits per heavy atom. The lowest BCUT2D eigenvalue weighted by molar-refractivity contribution is 0.558. The number of benzene rings is 1. The molecule has 0 unspecified atom stereocenters. The molecular formula is C14H16ClNO2. The van der Waals surface area contributed by atoms with Gasteiger partial charge in [0.2, 0.25) is 0 Å². The molecule has 0 aliphatic carbocycles. The number of rotatable bonds is 4. The van der Waals surface area contributed by atoms with Crippen LogP contribution in [0.5, 0.6) is 0 Å². The maximum absolute atomic E-state index is 11.3. The number of halogens is 1. The molecule has 96 valence electrons. The van der Waals surface area contributed by atoms with E-state index in [9.17, 15) is 4.79 Å². The second-order valence-corrected chi connectivity index (χ2v) is 4.31. The monoisotopic (exact) mass is 265 g/mol. The standard InChI is InChI=1S/C14H16ClNO2/c1-3-16(4-2)12-7-5-10-6-8-13(17)18-14(10)11(12)9-15/h5-8H,3-4,9H2,1-2H3. The van der Waals surface area contributed by atoms with Gasteiger partial charge in [0.05, 0.1) is 5.88 Å². The predicted molar refractivity (Wildman–Crippen MR) is 75.6 cm³/mol. The van der Waals surface area contributed by atoms with Crippen molar-refractivity contribution in [3.8, 4) is 0 Å². The minimum atomic E-state index is -0.342. The molecule has 2 aromatic rings. The lowest BCUT2D eigenvalue weighted by atomic mass is 10.1. The van der Waals surface area contributed by atoms with Gasteiger partial charge in [0.15, 0.2) is 0 Å². The van der Waals surface area contributed by atoms with Crippen LogP contribution in [0.15, 0.2) is 33.5 Å². The molecule has 1 aromatic carbocycles. The summed E-state index contributed by atoms with van der Waals surface area (Å²) in [6.07, 6.45) is 0. The van der Waals surface area contributed by atoms with E-state index in [1.807, 2.05) is 12.1 Å². The highest BCUT2D eigenvalue weighted by Crippen LogP contribution is 2.29. The molecule has 0 fully saturated rings. The zero-order chi connectivity index (χ0) is 13.1. The maximum atomic E-state index is 11.3. The summed E-state index contributed by atoms with van der Waals surface area (Å²) in [5, 5.41) is 0.904. The fraction of sp³-hybridized carbons (Fsp3) is 0.357. The Morgan fingerprint density at radius 3 is 2.44 bits per heavy atom. The largest absolute Gasteiger partial charge is 0.422 e. The molecule has 18 heavy (non-hydrogen) atoms. The van der Waals surface area contributed by atoms with Gasteiger partial charge in [-0.3, -0.25) is 0 Å². The molecule has 0 aliphatic heterocycles. The molecule has 1 aromatic heterocycles. The molecule has 2 rings (SSSR count). The molecule has 4 heteroatoms. The first-order valence-corrected chi connectivity index (χ1v) is 6.61. The van der Waals surface area contributed by atoms with Crippen LogP contribution in [0.25, 0.3) is 11.0 Å². The maximum Gasteiger partial charge on any atom is 0.336 e. The highest BCUT2D eigenvalue weighted by Gasteiger charge is 2.13. The summed E-state index contributed by atoms with van der Waals surface area (Å²) in [4.78, 5) is 13.5. The molecule has 0 bridgehead atoms. The van der Waals surface area contributed by atoms with Gasteiger partial charge in [-0.1, -0.05) is 0 Å². The van der Waals surface area contributed by atoms with E-state index in [1.165, 1.54) is 6.07 Å². The Labute approximate surface area is 111 Å². The average Bonchev–Trinajstić information content (AvgIpc) is 2.39. The topological polar surface area (TPSA) is 33.5 Å². The Kier molecular flexibility index (Phi) is 3.92. The Bertz CT molecular complexity index is 602. The van der Waals surface area contributed by atoms with Crippen molar-refractivity contribution in [1.29, 1.82) is 0 Å². The van der Waals surface area contributed by atoms with E-state index >= 15 is 0 Å². The third-order valence-corrected chi connectivity index (χ3v) is 3.37. The molecule has 0 atom stereocenters. The minimum absolute atomic E-state index is 0.329. The lowest BCUT2D eigenvalue weighted by Gasteiger charge is -2.23. The molecule has 0 saturated heterocycles. The van der Waals surface area contributed by atoms with Gasteiger partial charge >= 0.3 is 5.63 Å². The third kappa shape index (κ3) is 2.23. The Balaban J connectivity index is 2.72. The zero-order valence-electron chi connectivity index (χ0n) is 10.6. The van der Waals surface area contributed by atoms with Crippen LogP contribution in [0.1, 0.15) is 19.4 Å². The molecule has 1 heterocycles. The normalized spacial score (nSPS) is 10.8. The van der Waals surface area contributed by atoms with Crippen molar-refractivity contribution in [2.24, 2.45) is 0 Å². The SMILES string of the molecule is CCN(CC)c1ccc2ccc(=O)oc2c1CCl. The number of fused-ring (bicyclic) bond motifs is 1. The molecule has 0 N–H and O–H groups in total. The summed E-state index contributed by atoms with van der Waals surface area (Å²) in [7, 11) is 0. The first-order valence-electron chi connectivity index (χ1n) is 6.07. The van der Waals surface area contributed by atoms with E-state index < -0.39 is 0 Å². The van der Waals surface area contributed by atoms with Gasteiger partial charge in [0.1, 0.15) is 5.58 Å². The molecule has 0 amide bonds. The first kappa shape index (κ1) is 13.0. The predicted octanol–water partition coefficient (Wildman–Crippen LogP) is 3.38. The van der Waals surface area contributed by atoms with Gasteiger partial charge in [-0.2, -0.15) is 0 Å². The van der Waals surface area contributed by atoms with Gasteiger partial charge < -0.3 is 9.32 Å². The molecule has 0 radical (unpaired) electrons. The molecule has 0 spiro atoms. The summed E-state index contributed by atoms with van der Waals surface area (Å²) in [6.45, 7) is 5.96. The van der Waals surface area contributed by atoms with E-state index in [2.05, 4.69) is 18.7 Å². The van der Waals surface area contributed by atoms with Gasteiger partial charge in [0, 0.05) is 35.8 Å². The number of hydrogen-bond acceptors (Lipinski definition) is 3. The number of nitrogens with zero attached hydrogens (tertiary/aromatic N) is 1. The summed E-state index contributed by atoms with van der Waals surface area (Å²) in [6, 6.07) is 7.19. The van der Waals surface area contributed by atoms with Gasteiger partial charge in [-0.25, -0.2) is 4.79 Å². The van der Waals surface area contributed by atoms with Crippen molar-refractivity contribution >= 4 is 28.3 Å². The smallest absolute Gasteiger partial charge is 0.336 e. The van der Waals surface area contributed by atoms with Gasteiger partial charge in [-0.15, -0.1) is 11.6 Å². The van der Waals surface area contributed by atoms with E-state index in [1.54, 1.807) is 6.07 Å². The highest BCUT2D eigenvalue weighted by atomic mass is 35.5. The molecule has 0 aliphatic rings. The fourth-order valence-electron chi connectivity index (χ4n) is 2.17. The quantitative estimate of drug-likeness (QED) is 0.628. The number of alkyl halides is 1. The van der Waals surface area contributed by atoms with Crippen molar-refractivity contribution in [3.63, 3.8) is 0 Å². The van der Waals surface area contributed by atoms with Crippen molar-refractivity contribution in [2.45, 2.75) is 19.7 Å².